The fourth-order valence-electron chi connectivity index (χ4n) is 4.69. The number of aliphatic hydroxyl groups is 1. The predicted octanol–water partition coefficient (Wildman–Crippen LogP) is 4.63. The van der Waals surface area contributed by atoms with Crippen molar-refractivity contribution in [3.05, 3.63) is 47.5 Å². The highest BCUT2D eigenvalue weighted by molar-refractivity contribution is 5.94. The summed E-state index contributed by atoms with van der Waals surface area (Å²) in [5.74, 6) is 0.194. The average Bonchev–Trinajstić information content (AvgIpc) is 2.79. The van der Waals surface area contributed by atoms with Gasteiger partial charge in [-0.05, 0) is 69.2 Å². The molecule has 0 saturated heterocycles. The van der Waals surface area contributed by atoms with Crippen molar-refractivity contribution in [3.63, 3.8) is 0 Å². The minimum atomic E-state index is -4.81. The Morgan fingerprint density at radius 1 is 1.22 bits per heavy atom. The summed E-state index contributed by atoms with van der Waals surface area (Å²) < 4.78 is 39.2. The molecule has 0 bridgehead atoms. The average molecular weight is 448 g/mol. The fourth-order valence-corrected chi connectivity index (χ4v) is 4.69. The van der Waals surface area contributed by atoms with Crippen LogP contribution in [0.15, 0.2) is 41.4 Å². The summed E-state index contributed by atoms with van der Waals surface area (Å²) in [7, 11) is 0. The van der Waals surface area contributed by atoms with E-state index in [0.29, 0.717) is 24.9 Å². The van der Waals surface area contributed by atoms with Gasteiger partial charge in [-0.1, -0.05) is 18.2 Å². The summed E-state index contributed by atoms with van der Waals surface area (Å²) >= 11 is 0. The molecule has 2 aliphatic rings. The zero-order valence-corrected chi connectivity index (χ0v) is 18.2. The van der Waals surface area contributed by atoms with Crippen LogP contribution < -0.4 is 0 Å². The molecule has 1 saturated carbocycles. The van der Waals surface area contributed by atoms with Crippen molar-refractivity contribution in [3.8, 4) is 6.07 Å². The van der Waals surface area contributed by atoms with Crippen LogP contribution >= 0.6 is 0 Å². The molecule has 8 heteroatoms. The van der Waals surface area contributed by atoms with Crippen molar-refractivity contribution in [2.75, 3.05) is 6.54 Å². The Morgan fingerprint density at radius 3 is 2.38 bits per heavy atom. The van der Waals surface area contributed by atoms with Gasteiger partial charge in [0.1, 0.15) is 6.04 Å². The summed E-state index contributed by atoms with van der Waals surface area (Å²) in [5, 5.41) is 19.2. The van der Waals surface area contributed by atoms with E-state index < -0.39 is 11.8 Å². The van der Waals surface area contributed by atoms with Crippen LogP contribution in [0.4, 0.5) is 13.2 Å². The zero-order chi connectivity index (χ0) is 23.5. The smallest absolute Gasteiger partial charge is 0.376 e. The lowest BCUT2D eigenvalue weighted by atomic mass is 9.74. The van der Waals surface area contributed by atoms with Gasteiger partial charge in [0, 0.05) is 30.3 Å². The SMILES string of the molecule is CCN(C(=O)c1ccc([C@](C)(O)C(F)(F)F)cc1)[C@H]1CC[C@H](C2C=CC=NC2C#N)CC1. The van der Waals surface area contributed by atoms with Gasteiger partial charge in [-0.15, -0.1) is 0 Å². The number of allylic oxidation sites excluding steroid dienone is 1. The van der Waals surface area contributed by atoms with Crippen molar-refractivity contribution in [1.82, 2.24) is 4.90 Å². The van der Waals surface area contributed by atoms with Gasteiger partial charge in [0.25, 0.3) is 5.91 Å². The molecule has 0 spiro atoms. The Hall–Kier alpha value is -2.66. The molecule has 1 N–H and O–H groups in total. The normalized spacial score (nSPS) is 27.4. The van der Waals surface area contributed by atoms with Crippen LogP contribution in [0.3, 0.4) is 0 Å². The van der Waals surface area contributed by atoms with E-state index in [1.54, 1.807) is 11.1 Å². The Bertz CT molecular complexity index is 908. The Balaban J connectivity index is 1.66. The fraction of sp³-hybridized carbons (Fsp3) is 0.542. The van der Waals surface area contributed by atoms with E-state index >= 15 is 0 Å². The molecule has 3 atom stereocenters. The third-order valence-corrected chi connectivity index (χ3v) is 6.74. The van der Waals surface area contributed by atoms with Gasteiger partial charge in [-0.3, -0.25) is 9.79 Å². The lowest BCUT2D eigenvalue weighted by Crippen LogP contribution is -2.43. The van der Waals surface area contributed by atoms with Crippen molar-refractivity contribution < 1.29 is 23.1 Å². The molecular formula is C24H28F3N3O2. The molecule has 3 rings (SSSR count). The van der Waals surface area contributed by atoms with Gasteiger partial charge in [0.2, 0.25) is 0 Å². The number of benzene rings is 1. The second-order valence-corrected chi connectivity index (χ2v) is 8.64. The van der Waals surface area contributed by atoms with E-state index in [1.165, 1.54) is 12.1 Å². The lowest BCUT2D eigenvalue weighted by molar-refractivity contribution is -0.258. The molecule has 1 amide bonds. The van der Waals surface area contributed by atoms with Crippen LogP contribution in [-0.2, 0) is 5.60 Å². The molecule has 1 aromatic carbocycles. The van der Waals surface area contributed by atoms with Gasteiger partial charge in [-0.2, -0.15) is 18.4 Å². The van der Waals surface area contributed by atoms with Crippen molar-refractivity contribution in [1.29, 1.82) is 5.26 Å². The van der Waals surface area contributed by atoms with Gasteiger partial charge < -0.3 is 10.0 Å². The van der Waals surface area contributed by atoms with Crippen LogP contribution in [0.5, 0.6) is 0 Å². The molecule has 5 nitrogen and oxygen atoms in total. The van der Waals surface area contributed by atoms with E-state index in [-0.39, 0.29) is 29.5 Å². The van der Waals surface area contributed by atoms with E-state index in [2.05, 4.69) is 11.1 Å². The Morgan fingerprint density at radius 2 is 1.84 bits per heavy atom. The van der Waals surface area contributed by atoms with Crippen LogP contribution in [0.25, 0.3) is 0 Å². The van der Waals surface area contributed by atoms with Crippen LogP contribution in [0.1, 0.15) is 55.5 Å². The second kappa shape index (κ2) is 9.45. The van der Waals surface area contributed by atoms with E-state index in [9.17, 15) is 28.3 Å². The van der Waals surface area contributed by atoms with Crippen LogP contribution in [0, 0.1) is 23.2 Å². The largest absolute Gasteiger partial charge is 0.421 e. The number of hydrogen-bond donors (Lipinski definition) is 1. The quantitative estimate of drug-likeness (QED) is 0.715. The lowest BCUT2D eigenvalue weighted by Gasteiger charge is -2.39. The third kappa shape index (κ3) is 4.73. The van der Waals surface area contributed by atoms with Crippen LogP contribution in [-0.4, -0.2) is 46.9 Å². The Kier molecular flexibility index (Phi) is 7.09. The molecule has 172 valence electrons. The summed E-state index contributed by atoms with van der Waals surface area (Å²) in [6.07, 6.45) is 4.14. The predicted molar refractivity (Wildman–Crippen MR) is 115 cm³/mol. The minimum absolute atomic E-state index is 0.0401. The monoisotopic (exact) mass is 447 g/mol. The summed E-state index contributed by atoms with van der Waals surface area (Å²) in [4.78, 5) is 19.1. The van der Waals surface area contributed by atoms with Gasteiger partial charge in [-0.25, -0.2) is 0 Å². The van der Waals surface area contributed by atoms with Gasteiger partial charge in [0.05, 0.1) is 6.07 Å². The van der Waals surface area contributed by atoms with Crippen molar-refractivity contribution in [2.24, 2.45) is 16.8 Å². The number of halogens is 3. The maximum absolute atomic E-state index is 13.1. The maximum atomic E-state index is 13.1. The van der Waals surface area contributed by atoms with E-state index in [1.807, 2.05) is 19.1 Å². The van der Waals surface area contributed by atoms with Crippen LogP contribution in [0.2, 0.25) is 0 Å². The number of aliphatic imine (C=N–C) groups is 1. The zero-order valence-electron chi connectivity index (χ0n) is 18.2. The molecule has 0 radical (unpaired) electrons. The highest BCUT2D eigenvalue weighted by Crippen LogP contribution is 2.39. The topological polar surface area (TPSA) is 76.7 Å². The summed E-state index contributed by atoms with van der Waals surface area (Å²) in [5.41, 5.74) is -2.99. The molecule has 2 unspecified atom stereocenters. The summed E-state index contributed by atoms with van der Waals surface area (Å²) in [6.45, 7) is 3.08. The Labute approximate surface area is 186 Å². The third-order valence-electron chi connectivity index (χ3n) is 6.74. The second-order valence-electron chi connectivity index (χ2n) is 8.64. The molecule has 1 aliphatic heterocycles. The number of amides is 1. The first kappa shape index (κ1) is 24.0. The number of alkyl halides is 3. The number of rotatable bonds is 5. The highest BCUT2D eigenvalue weighted by atomic mass is 19.4. The first-order valence-corrected chi connectivity index (χ1v) is 10.9. The van der Waals surface area contributed by atoms with E-state index in [4.69, 9.17) is 0 Å². The number of nitriles is 1. The highest BCUT2D eigenvalue weighted by Gasteiger charge is 2.51. The molecule has 1 aliphatic carbocycles. The molecule has 1 heterocycles. The molecular weight excluding hydrogens is 419 g/mol. The molecule has 1 aromatic rings. The molecule has 1 fully saturated rings. The standard InChI is InChI=1S/C24H28F3N3O2/c1-3-30(19-12-8-16(9-13-19)20-5-4-14-29-21(20)15-28)22(31)17-6-10-18(11-7-17)23(2,32)24(25,26)27/h4-7,10-11,14,16,19-21,32H,3,8-9,12-13H2,1-2H3/t16-,19-,20?,21?,23-/m0/s1. The van der Waals surface area contributed by atoms with Gasteiger partial charge >= 0.3 is 6.18 Å². The van der Waals surface area contributed by atoms with E-state index in [0.717, 1.165) is 37.8 Å². The first-order valence-electron chi connectivity index (χ1n) is 10.9. The number of nitrogens with zero attached hydrogens (tertiary/aromatic N) is 3. The number of dihydropyridines is 1. The number of carbonyl (C=O) groups is 1. The van der Waals surface area contributed by atoms with Crippen molar-refractivity contribution in [2.45, 2.75) is 63.4 Å². The minimum Gasteiger partial charge on any atom is -0.376 e. The maximum Gasteiger partial charge on any atom is 0.421 e. The van der Waals surface area contributed by atoms with Crippen molar-refractivity contribution >= 4 is 12.1 Å². The number of carbonyl (C=O) groups excluding carboxylic acids is 1. The number of hydrogen-bond acceptors (Lipinski definition) is 4. The molecule has 0 aromatic heterocycles. The first-order chi connectivity index (χ1) is 15.1. The van der Waals surface area contributed by atoms with Gasteiger partial charge in [0.15, 0.2) is 5.60 Å². The molecule has 32 heavy (non-hydrogen) atoms. The summed E-state index contributed by atoms with van der Waals surface area (Å²) in [6, 6.07) is 6.93.